The van der Waals surface area contributed by atoms with Gasteiger partial charge in [0.25, 0.3) is 0 Å². The Kier molecular flexibility index (Phi) is 1750. The van der Waals surface area contributed by atoms with Gasteiger partial charge in [-0.15, -0.1) is 0 Å². The van der Waals surface area contributed by atoms with Crippen molar-refractivity contribution in [2.24, 2.45) is 0 Å². The molecule has 0 fully saturated rings. The van der Waals surface area contributed by atoms with Crippen molar-refractivity contribution < 1.29 is 250 Å². The van der Waals surface area contributed by atoms with E-state index in [1.807, 2.05) is 0 Å². The van der Waals surface area contributed by atoms with Crippen molar-refractivity contribution in [2.75, 3.05) is 0 Å². The SMILES string of the molecule is [C-]#N.[C-]#N.[C-]#N.[C-]#N.[C-]#N.[C-]#N.[Fe+2].[Rb+].[Rb+].[Rb+].[Rb+]. The monoisotopic (exact) mass is 552 g/mol. The van der Waals surface area contributed by atoms with Crippen molar-refractivity contribution in [1.29, 1.82) is 31.6 Å². The maximum absolute atomic E-state index is 6.25. The largest absolute Gasteiger partial charge is 2.00 e. The molecular formula is C6FeN6Rb4. The van der Waals surface area contributed by atoms with Crippen LogP contribution in [-0.2, 0) is 17.1 Å². The molecule has 0 atom stereocenters. The fraction of sp³-hybridized carbons (Fsp3) is 0. The van der Waals surface area contributed by atoms with Crippen LogP contribution < -0.4 is 233 Å². The molecule has 0 aromatic carbocycles. The van der Waals surface area contributed by atoms with Crippen LogP contribution in [0.5, 0.6) is 0 Å². The summed E-state index contributed by atoms with van der Waals surface area (Å²) in [6, 6.07) is 0. The van der Waals surface area contributed by atoms with Gasteiger partial charge in [-0.25, -0.2) is 0 Å². The maximum Gasteiger partial charge on any atom is 2.00 e. The van der Waals surface area contributed by atoms with Gasteiger partial charge in [-0.2, -0.15) is 0 Å². The normalized spacial score (nSPS) is 0.706. The van der Waals surface area contributed by atoms with Crippen LogP contribution >= 0.6 is 0 Å². The summed E-state index contributed by atoms with van der Waals surface area (Å²) in [6.07, 6.45) is 0. The Balaban J connectivity index is -0.00000000267. The summed E-state index contributed by atoms with van der Waals surface area (Å²) >= 11 is 0. The van der Waals surface area contributed by atoms with E-state index in [2.05, 4.69) is 0 Å². The Labute approximate surface area is 310 Å². The minimum atomic E-state index is 0. The second-order valence-electron chi connectivity index (χ2n) is 0. The van der Waals surface area contributed by atoms with Gasteiger partial charge in [-0.3, -0.25) is 0 Å². The molecule has 0 heterocycles. The molecule has 0 aliphatic carbocycles. The number of hydrogen-bond donors (Lipinski definition) is 0. The molecule has 0 saturated carbocycles. The standard InChI is InChI=1S/6CN.Fe.4Rb/c6*1-2;;;;;/q6*-1;+2;4*+1. The van der Waals surface area contributed by atoms with E-state index in [0.717, 1.165) is 0 Å². The van der Waals surface area contributed by atoms with E-state index < -0.39 is 0 Å². The fourth-order valence-corrected chi connectivity index (χ4v) is 0. The molecule has 66 valence electrons. The summed E-state index contributed by atoms with van der Waals surface area (Å²) in [5.41, 5.74) is 0. The number of rotatable bonds is 0. The van der Waals surface area contributed by atoms with E-state index in [0.29, 0.717) is 0 Å². The zero-order chi connectivity index (χ0) is 12.0. The third kappa shape index (κ3) is 329. The molecule has 0 aromatic heterocycles. The molecule has 0 spiro atoms. The molecule has 0 aromatic rings. The topological polar surface area (TPSA) is 143 Å². The zero-order valence-corrected chi connectivity index (χ0v) is 30.8. The first-order valence-electron chi connectivity index (χ1n) is 1.34. The third-order valence-electron chi connectivity index (χ3n) is 0. The average molecular weight is 554 g/mol. The smallest absolute Gasteiger partial charge is 0.512 e. The molecule has 6 nitrogen and oxygen atoms in total. The van der Waals surface area contributed by atoms with Gasteiger partial charge in [0, 0.05) is 0 Å². The minimum Gasteiger partial charge on any atom is -0.512 e. The van der Waals surface area contributed by atoms with E-state index >= 15 is 0 Å². The third-order valence-corrected chi connectivity index (χ3v) is 0. The molecular weight excluding hydrogens is 554 g/mol. The van der Waals surface area contributed by atoms with Gasteiger partial charge in [0.05, 0.1) is 0 Å². The van der Waals surface area contributed by atoms with Gasteiger partial charge >= 0.3 is 250 Å². The molecule has 17 heavy (non-hydrogen) atoms. The Morgan fingerprint density at radius 2 is 0.294 bits per heavy atom. The van der Waals surface area contributed by atoms with Crippen LogP contribution in [0.15, 0.2) is 0 Å². The number of hydrogen-bond acceptors (Lipinski definition) is 6. The second-order valence-corrected chi connectivity index (χ2v) is 0. The van der Waals surface area contributed by atoms with Crippen molar-refractivity contribution in [3.05, 3.63) is 39.4 Å². The van der Waals surface area contributed by atoms with E-state index in [9.17, 15) is 0 Å². The molecule has 11 heteroatoms. The van der Waals surface area contributed by atoms with E-state index in [1.54, 1.807) is 0 Å². The average Bonchev–Trinajstić information content (AvgIpc) is 2.33. The fourth-order valence-electron chi connectivity index (χ4n) is 0. The van der Waals surface area contributed by atoms with Crippen LogP contribution in [0.4, 0.5) is 0 Å². The van der Waals surface area contributed by atoms with E-state index in [4.69, 9.17) is 71.0 Å². The molecule has 0 radical (unpaired) electrons. The van der Waals surface area contributed by atoms with Crippen LogP contribution in [0.1, 0.15) is 0 Å². The first kappa shape index (κ1) is 81.3. The number of nitrogens with zero attached hydrogens (tertiary/aromatic N) is 6. The van der Waals surface area contributed by atoms with Gasteiger partial charge < -0.3 is 71.0 Å². The van der Waals surface area contributed by atoms with Gasteiger partial charge in [0.15, 0.2) is 0 Å². The zero-order valence-electron chi connectivity index (χ0n) is 10.0. The van der Waals surface area contributed by atoms with Crippen molar-refractivity contribution in [2.45, 2.75) is 0 Å². The summed E-state index contributed by atoms with van der Waals surface area (Å²) in [4.78, 5) is 0. The molecule has 0 bridgehead atoms. The van der Waals surface area contributed by atoms with E-state index in [1.165, 1.54) is 0 Å². The Bertz CT molecular complexity index is 106. The minimum absolute atomic E-state index is 0. The van der Waals surface area contributed by atoms with Gasteiger partial charge in [-0.05, 0) is 0 Å². The first-order chi connectivity index (χ1) is 6.00. The molecule has 0 N–H and O–H groups in total. The molecule has 0 rings (SSSR count). The van der Waals surface area contributed by atoms with Crippen LogP contribution in [-0.4, -0.2) is 0 Å². The van der Waals surface area contributed by atoms with E-state index in [-0.39, 0.29) is 250 Å². The summed E-state index contributed by atoms with van der Waals surface area (Å²) in [5.74, 6) is 0. The van der Waals surface area contributed by atoms with Crippen LogP contribution in [0, 0.1) is 71.0 Å². The maximum atomic E-state index is 6.25. The van der Waals surface area contributed by atoms with Crippen molar-refractivity contribution >= 4 is 0 Å². The first-order valence-corrected chi connectivity index (χ1v) is 1.34. The van der Waals surface area contributed by atoms with Crippen LogP contribution in [0.25, 0.3) is 0 Å². The van der Waals surface area contributed by atoms with Crippen LogP contribution in [0.3, 0.4) is 0 Å². The second kappa shape index (κ2) is 366. The predicted octanol–water partition coefficient (Wildman–Crippen LogP) is -11.4. The Morgan fingerprint density at radius 1 is 0.294 bits per heavy atom. The summed E-state index contributed by atoms with van der Waals surface area (Å²) < 4.78 is 0. The molecule has 0 saturated heterocycles. The summed E-state index contributed by atoms with van der Waals surface area (Å²) in [6.45, 7) is 28.5. The van der Waals surface area contributed by atoms with Crippen molar-refractivity contribution in [3.8, 4) is 0 Å². The quantitative estimate of drug-likeness (QED) is 0.215. The summed E-state index contributed by atoms with van der Waals surface area (Å²) in [5, 5.41) is 37.5. The molecule has 0 amide bonds. The van der Waals surface area contributed by atoms with Gasteiger partial charge in [-0.1, -0.05) is 0 Å². The Hall–Kier alpha value is 4.68. The molecule has 0 unspecified atom stereocenters. The predicted molar refractivity (Wildman–Crippen MR) is 29.8 cm³/mol. The Morgan fingerprint density at radius 3 is 0.294 bits per heavy atom. The summed E-state index contributed by atoms with van der Waals surface area (Å²) in [7, 11) is 0. The van der Waals surface area contributed by atoms with Gasteiger partial charge in [0.1, 0.15) is 0 Å². The molecule has 0 aliphatic heterocycles. The molecule has 0 aliphatic rings. The van der Waals surface area contributed by atoms with Gasteiger partial charge in [0.2, 0.25) is 0 Å². The van der Waals surface area contributed by atoms with Crippen LogP contribution in [0.2, 0.25) is 0 Å². The van der Waals surface area contributed by atoms with Crippen molar-refractivity contribution in [1.82, 2.24) is 0 Å². The van der Waals surface area contributed by atoms with Crippen molar-refractivity contribution in [3.63, 3.8) is 0 Å².